The van der Waals surface area contributed by atoms with Crippen LogP contribution in [0.1, 0.15) is 35.7 Å². The Balaban J connectivity index is 1.52. The van der Waals surface area contributed by atoms with E-state index in [9.17, 15) is 4.79 Å². The largest absolute Gasteiger partial charge is 0.338 e. The van der Waals surface area contributed by atoms with E-state index in [1.165, 1.54) is 9.58 Å². The van der Waals surface area contributed by atoms with Crippen molar-refractivity contribution in [3.8, 4) is 0 Å². The summed E-state index contributed by atoms with van der Waals surface area (Å²) in [4.78, 5) is 20.1. The Morgan fingerprint density at radius 1 is 1.26 bits per heavy atom. The molecule has 5 heteroatoms. The number of aromatic nitrogens is 1. The zero-order chi connectivity index (χ0) is 16.2. The van der Waals surface area contributed by atoms with Gasteiger partial charge in [0.05, 0.1) is 21.3 Å². The smallest absolute Gasteiger partial charge is 0.222 e. The summed E-state index contributed by atoms with van der Waals surface area (Å²) in [6.07, 6.45) is 2.29. The molecule has 2 aromatic heterocycles. The summed E-state index contributed by atoms with van der Waals surface area (Å²) < 4.78 is 1.22. The van der Waals surface area contributed by atoms with Gasteiger partial charge >= 0.3 is 0 Å². The normalized spacial score (nSPS) is 12.4. The zero-order valence-corrected chi connectivity index (χ0v) is 15.0. The van der Waals surface area contributed by atoms with Gasteiger partial charge in [0.1, 0.15) is 0 Å². The molecule has 23 heavy (non-hydrogen) atoms. The number of para-hydroxylation sites is 1. The van der Waals surface area contributed by atoms with Crippen LogP contribution in [0.25, 0.3) is 10.2 Å². The van der Waals surface area contributed by atoms with Crippen molar-refractivity contribution in [3.63, 3.8) is 0 Å². The molecule has 0 spiro atoms. The third-order valence-corrected chi connectivity index (χ3v) is 6.19. The van der Waals surface area contributed by atoms with Crippen LogP contribution < -0.4 is 0 Å². The Kier molecular flexibility index (Phi) is 5.08. The standard InChI is InChI=1S/C18H20N2OS2/c1-13(15-9-6-12-22-15)20(2)18(21)11-5-10-17-19-14-7-3-4-8-16(14)23-17/h3-4,6-9,12-13H,5,10-11H2,1-2H3. The van der Waals surface area contributed by atoms with Gasteiger partial charge in [0.25, 0.3) is 0 Å². The van der Waals surface area contributed by atoms with E-state index >= 15 is 0 Å². The summed E-state index contributed by atoms with van der Waals surface area (Å²) >= 11 is 3.42. The number of amides is 1. The molecule has 3 nitrogen and oxygen atoms in total. The summed E-state index contributed by atoms with van der Waals surface area (Å²) in [5, 5.41) is 3.17. The van der Waals surface area contributed by atoms with E-state index < -0.39 is 0 Å². The first kappa shape index (κ1) is 16.1. The zero-order valence-electron chi connectivity index (χ0n) is 13.4. The predicted molar refractivity (Wildman–Crippen MR) is 98.1 cm³/mol. The van der Waals surface area contributed by atoms with Gasteiger partial charge in [-0.3, -0.25) is 4.79 Å². The van der Waals surface area contributed by atoms with Gasteiger partial charge in [0, 0.05) is 18.3 Å². The van der Waals surface area contributed by atoms with Gasteiger partial charge < -0.3 is 4.90 Å². The van der Waals surface area contributed by atoms with Crippen molar-refractivity contribution in [3.05, 3.63) is 51.7 Å². The first-order chi connectivity index (χ1) is 11.1. The Morgan fingerprint density at radius 3 is 2.83 bits per heavy atom. The lowest BCUT2D eigenvalue weighted by atomic mass is 10.2. The number of carbonyl (C=O) groups excluding carboxylic acids is 1. The summed E-state index contributed by atoms with van der Waals surface area (Å²) in [5.74, 6) is 0.201. The minimum atomic E-state index is 0.143. The fourth-order valence-corrected chi connectivity index (χ4v) is 4.37. The number of nitrogens with zero attached hydrogens (tertiary/aromatic N) is 2. The highest BCUT2D eigenvalue weighted by Crippen LogP contribution is 2.25. The monoisotopic (exact) mass is 344 g/mol. The van der Waals surface area contributed by atoms with Gasteiger partial charge in [-0.15, -0.1) is 22.7 Å². The Bertz CT molecular complexity index is 746. The Hall–Kier alpha value is -1.72. The van der Waals surface area contributed by atoms with Gasteiger partial charge in [-0.25, -0.2) is 4.98 Å². The summed E-state index contributed by atoms with van der Waals surface area (Å²) in [5.41, 5.74) is 1.06. The highest BCUT2D eigenvalue weighted by Gasteiger charge is 2.17. The maximum atomic E-state index is 12.4. The van der Waals surface area contributed by atoms with Gasteiger partial charge in [-0.1, -0.05) is 18.2 Å². The van der Waals surface area contributed by atoms with Crippen LogP contribution in [0.2, 0.25) is 0 Å². The topological polar surface area (TPSA) is 33.2 Å². The molecule has 120 valence electrons. The minimum absolute atomic E-state index is 0.143. The minimum Gasteiger partial charge on any atom is -0.338 e. The van der Waals surface area contributed by atoms with Crippen LogP contribution in [0.15, 0.2) is 41.8 Å². The first-order valence-corrected chi connectivity index (χ1v) is 9.48. The van der Waals surface area contributed by atoms with Gasteiger partial charge in [-0.2, -0.15) is 0 Å². The number of fused-ring (bicyclic) bond motifs is 1. The molecular weight excluding hydrogens is 324 g/mol. The molecule has 0 aliphatic rings. The molecule has 1 unspecified atom stereocenters. The van der Waals surface area contributed by atoms with Crippen molar-refractivity contribution >= 4 is 38.8 Å². The third kappa shape index (κ3) is 3.79. The van der Waals surface area contributed by atoms with Gasteiger partial charge in [-0.05, 0) is 43.3 Å². The van der Waals surface area contributed by atoms with E-state index in [1.54, 1.807) is 22.7 Å². The van der Waals surface area contributed by atoms with Crippen LogP contribution in [0.4, 0.5) is 0 Å². The second-order valence-electron chi connectivity index (χ2n) is 5.62. The number of thiazole rings is 1. The predicted octanol–water partition coefficient (Wildman–Crippen LogP) is 4.90. The Labute approximate surface area is 144 Å². The molecular formula is C18H20N2OS2. The molecule has 2 heterocycles. The number of thiophene rings is 1. The third-order valence-electron chi connectivity index (χ3n) is 4.05. The van der Waals surface area contributed by atoms with Crippen molar-refractivity contribution in [2.45, 2.75) is 32.2 Å². The molecule has 0 aliphatic heterocycles. The number of carbonyl (C=O) groups is 1. The fraction of sp³-hybridized carbons (Fsp3) is 0.333. The van der Waals surface area contributed by atoms with E-state index in [-0.39, 0.29) is 11.9 Å². The summed E-state index contributed by atoms with van der Waals surface area (Å²) in [7, 11) is 1.89. The van der Waals surface area contributed by atoms with Crippen LogP contribution in [0.3, 0.4) is 0 Å². The number of aryl methyl sites for hydroxylation is 1. The van der Waals surface area contributed by atoms with E-state index in [0.29, 0.717) is 6.42 Å². The Morgan fingerprint density at radius 2 is 2.09 bits per heavy atom. The molecule has 1 atom stereocenters. The molecule has 0 bridgehead atoms. The van der Waals surface area contributed by atoms with Crippen molar-refractivity contribution in [2.24, 2.45) is 0 Å². The SMILES string of the molecule is CC(c1cccs1)N(C)C(=O)CCCc1nc2ccccc2s1. The molecule has 3 rings (SSSR count). The van der Waals surface area contributed by atoms with Crippen LogP contribution in [0, 0.1) is 0 Å². The van der Waals surface area contributed by atoms with Crippen molar-refractivity contribution in [1.82, 2.24) is 9.88 Å². The molecule has 1 amide bonds. The summed E-state index contributed by atoms with van der Waals surface area (Å²) in [6.45, 7) is 2.08. The summed E-state index contributed by atoms with van der Waals surface area (Å²) in [6, 6.07) is 12.4. The number of benzene rings is 1. The van der Waals surface area contributed by atoms with Crippen LogP contribution in [-0.4, -0.2) is 22.8 Å². The van der Waals surface area contributed by atoms with Crippen LogP contribution >= 0.6 is 22.7 Å². The number of hydrogen-bond acceptors (Lipinski definition) is 4. The first-order valence-electron chi connectivity index (χ1n) is 7.78. The average molecular weight is 345 g/mol. The van der Waals surface area contributed by atoms with Gasteiger partial charge in [0.2, 0.25) is 5.91 Å². The quantitative estimate of drug-likeness (QED) is 0.637. The molecule has 0 saturated heterocycles. The van der Waals surface area contributed by atoms with Crippen molar-refractivity contribution in [2.75, 3.05) is 7.05 Å². The highest BCUT2D eigenvalue weighted by atomic mass is 32.1. The maximum absolute atomic E-state index is 12.4. The van der Waals surface area contributed by atoms with Crippen molar-refractivity contribution in [1.29, 1.82) is 0 Å². The molecule has 1 aromatic carbocycles. The fourth-order valence-electron chi connectivity index (χ4n) is 2.53. The lowest BCUT2D eigenvalue weighted by Crippen LogP contribution is -2.29. The molecule has 0 N–H and O–H groups in total. The second kappa shape index (κ2) is 7.23. The molecule has 0 radical (unpaired) electrons. The average Bonchev–Trinajstić information content (AvgIpc) is 3.22. The van der Waals surface area contributed by atoms with E-state index in [1.807, 2.05) is 36.2 Å². The second-order valence-corrected chi connectivity index (χ2v) is 7.72. The maximum Gasteiger partial charge on any atom is 0.222 e. The van der Waals surface area contributed by atoms with Crippen LogP contribution in [0.5, 0.6) is 0 Å². The molecule has 0 aliphatic carbocycles. The lowest BCUT2D eigenvalue weighted by Gasteiger charge is -2.24. The van der Waals surface area contributed by atoms with E-state index in [2.05, 4.69) is 29.4 Å². The van der Waals surface area contributed by atoms with Crippen LogP contribution in [-0.2, 0) is 11.2 Å². The van der Waals surface area contributed by atoms with E-state index in [4.69, 9.17) is 0 Å². The lowest BCUT2D eigenvalue weighted by molar-refractivity contribution is -0.131. The number of rotatable bonds is 6. The molecule has 0 fully saturated rings. The molecule has 0 saturated carbocycles. The van der Waals surface area contributed by atoms with Crippen molar-refractivity contribution < 1.29 is 4.79 Å². The highest BCUT2D eigenvalue weighted by molar-refractivity contribution is 7.18. The number of hydrogen-bond donors (Lipinski definition) is 0. The van der Waals surface area contributed by atoms with Gasteiger partial charge in [0.15, 0.2) is 0 Å². The van der Waals surface area contributed by atoms with E-state index in [0.717, 1.165) is 23.4 Å². The molecule has 3 aromatic rings.